The highest BCUT2D eigenvalue weighted by atomic mass is 16.5. The van der Waals surface area contributed by atoms with Crippen molar-refractivity contribution in [1.29, 1.82) is 0 Å². The van der Waals surface area contributed by atoms with Crippen LogP contribution in [0.15, 0.2) is 48.7 Å². The van der Waals surface area contributed by atoms with E-state index >= 15 is 0 Å². The van der Waals surface area contributed by atoms with Gasteiger partial charge in [0.2, 0.25) is 5.91 Å². The van der Waals surface area contributed by atoms with Crippen molar-refractivity contribution in [1.82, 2.24) is 9.78 Å². The molecular formula is C22H22N4O5. The number of hydrogen-bond donors (Lipinski definition) is 2. The maximum Gasteiger partial charge on any atom is 0.251 e. The molecule has 1 aliphatic heterocycles. The number of carbonyl (C=O) groups excluding carboxylic acids is 2. The Morgan fingerprint density at radius 3 is 2.65 bits per heavy atom. The molecule has 2 heterocycles. The number of carbonyl (C=O) groups is 2. The minimum atomic E-state index is -0.741. The highest BCUT2D eigenvalue weighted by Gasteiger charge is 2.35. The first kappa shape index (κ1) is 20.3. The summed E-state index contributed by atoms with van der Waals surface area (Å²) in [6.45, 7) is 0. The first-order valence-electron chi connectivity index (χ1n) is 9.58. The van der Waals surface area contributed by atoms with Gasteiger partial charge in [-0.2, -0.15) is 5.10 Å². The molecule has 2 aromatic carbocycles. The third-order valence-corrected chi connectivity index (χ3v) is 5.06. The van der Waals surface area contributed by atoms with Crippen molar-refractivity contribution < 1.29 is 23.8 Å². The predicted molar refractivity (Wildman–Crippen MR) is 115 cm³/mol. The van der Waals surface area contributed by atoms with Crippen LogP contribution >= 0.6 is 0 Å². The number of benzene rings is 2. The largest absolute Gasteiger partial charge is 0.497 e. The lowest BCUT2D eigenvalue weighted by Crippen LogP contribution is -2.23. The predicted octanol–water partition coefficient (Wildman–Crippen LogP) is 3.10. The molecule has 1 unspecified atom stereocenters. The summed E-state index contributed by atoms with van der Waals surface area (Å²) in [6.07, 6.45) is 1.60. The average molecular weight is 422 g/mol. The zero-order chi connectivity index (χ0) is 22.0. The van der Waals surface area contributed by atoms with Crippen molar-refractivity contribution in [2.75, 3.05) is 32.0 Å². The zero-order valence-corrected chi connectivity index (χ0v) is 17.3. The molecule has 0 bridgehead atoms. The Bertz CT molecular complexity index is 1140. The van der Waals surface area contributed by atoms with Crippen LogP contribution in [0.4, 0.5) is 11.5 Å². The molecule has 9 heteroatoms. The van der Waals surface area contributed by atoms with Crippen molar-refractivity contribution in [3.8, 4) is 28.4 Å². The van der Waals surface area contributed by atoms with Gasteiger partial charge in [-0.05, 0) is 29.8 Å². The molecule has 160 valence electrons. The Morgan fingerprint density at radius 2 is 1.90 bits per heavy atom. The normalized spacial score (nSPS) is 14.5. The van der Waals surface area contributed by atoms with Crippen LogP contribution in [0, 0.1) is 0 Å². The van der Waals surface area contributed by atoms with Gasteiger partial charge in [-0.3, -0.25) is 9.59 Å². The Hall–Kier alpha value is -4.01. The van der Waals surface area contributed by atoms with E-state index in [1.165, 1.54) is 0 Å². The molecule has 31 heavy (non-hydrogen) atoms. The second-order valence-electron chi connectivity index (χ2n) is 6.91. The van der Waals surface area contributed by atoms with Gasteiger partial charge in [-0.15, -0.1) is 0 Å². The molecular weight excluding hydrogens is 400 g/mol. The summed E-state index contributed by atoms with van der Waals surface area (Å²) in [5.74, 6) is 1.75. The number of fused-ring (bicyclic) bond motifs is 1. The maximum absolute atomic E-state index is 12.6. The van der Waals surface area contributed by atoms with Gasteiger partial charge in [0.15, 0.2) is 11.5 Å². The monoisotopic (exact) mass is 422 g/mol. The smallest absolute Gasteiger partial charge is 0.251 e. The molecule has 1 aromatic heterocycles. The van der Waals surface area contributed by atoms with Crippen LogP contribution in [-0.2, 0) is 9.59 Å². The van der Waals surface area contributed by atoms with Gasteiger partial charge < -0.3 is 24.8 Å². The summed E-state index contributed by atoms with van der Waals surface area (Å²) >= 11 is 0. The van der Waals surface area contributed by atoms with Crippen molar-refractivity contribution in [3.63, 3.8) is 0 Å². The van der Waals surface area contributed by atoms with Crippen molar-refractivity contribution >= 4 is 23.3 Å². The lowest BCUT2D eigenvalue weighted by atomic mass is 10.1. The first-order valence-corrected chi connectivity index (χ1v) is 9.58. The number of ether oxygens (including phenoxy) is 3. The lowest BCUT2D eigenvalue weighted by Gasteiger charge is -2.10. The van der Waals surface area contributed by atoms with Crippen molar-refractivity contribution in [2.45, 2.75) is 12.5 Å². The lowest BCUT2D eigenvalue weighted by molar-refractivity contribution is -0.123. The minimum absolute atomic E-state index is 0.0525. The second kappa shape index (κ2) is 8.39. The SMILES string of the molecule is COc1cccc(NC(=O)CC2C(=O)Nc3c(-c4ccc(OC)c(OC)c4)cnn32)c1. The van der Waals surface area contributed by atoms with E-state index in [0.29, 0.717) is 28.8 Å². The molecule has 4 rings (SSSR count). The summed E-state index contributed by atoms with van der Waals surface area (Å²) in [5, 5.41) is 9.98. The van der Waals surface area contributed by atoms with Gasteiger partial charge in [0.05, 0.1) is 33.9 Å². The van der Waals surface area contributed by atoms with E-state index in [9.17, 15) is 9.59 Å². The number of rotatable bonds is 7. The topological polar surface area (TPSA) is 104 Å². The Balaban J connectivity index is 1.54. The number of methoxy groups -OCH3 is 3. The fraction of sp³-hybridized carbons (Fsp3) is 0.227. The summed E-state index contributed by atoms with van der Waals surface area (Å²) < 4.78 is 17.3. The van der Waals surface area contributed by atoms with Crippen LogP contribution in [0.2, 0.25) is 0 Å². The number of nitrogens with one attached hydrogen (secondary N) is 2. The summed E-state index contributed by atoms with van der Waals surface area (Å²) in [7, 11) is 4.68. The van der Waals surface area contributed by atoms with Gasteiger partial charge >= 0.3 is 0 Å². The fourth-order valence-electron chi connectivity index (χ4n) is 3.52. The van der Waals surface area contributed by atoms with E-state index in [1.54, 1.807) is 62.5 Å². The van der Waals surface area contributed by atoms with Crippen LogP contribution in [0.25, 0.3) is 11.1 Å². The fourth-order valence-corrected chi connectivity index (χ4v) is 3.52. The molecule has 1 atom stereocenters. The number of anilines is 2. The third-order valence-electron chi connectivity index (χ3n) is 5.06. The second-order valence-corrected chi connectivity index (χ2v) is 6.91. The number of nitrogens with zero attached hydrogens (tertiary/aromatic N) is 2. The third kappa shape index (κ3) is 3.89. The highest BCUT2D eigenvalue weighted by Crippen LogP contribution is 2.39. The molecule has 2 amide bonds. The van der Waals surface area contributed by atoms with E-state index in [-0.39, 0.29) is 18.2 Å². The molecule has 1 aliphatic rings. The summed E-state index contributed by atoms with van der Waals surface area (Å²) in [4.78, 5) is 25.1. The quantitative estimate of drug-likeness (QED) is 0.606. The van der Waals surface area contributed by atoms with E-state index in [2.05, 4.69) is 15.7 Å². The van der Waals surface area contributed by atoms with Gasteiger partial charge in [0.25, 0.3) is 5.91 Å². The number of aromatic nitrogens is 2. The first-order chi connectivity index (χ1) is 15.0. The molecule has 0 spiro atoms. The Kier molecular flexibility index (Phi) is 5.48. The van der Waals surface area contributed by atoms with Crippen LogP contribution in [0.1, 0.15) is 12.5 Å². The Morgan fingerprint density at radius 1 is 1.10 bits per heavy atom. The number of amides is 2. The summed E-state index contributed by atoms with van der Waals surface area (Å²) in [5.41, 5.74) is 2.13. The van der Waals surface area contributed by atoms with Crippen molar-refractivity contribution in [3.05, 3.63) is 48.7 Å². The molecule has 0 fully saturated rings. The minimum Gasteiger partial charge on any atom is -0.497 e. The maximum atomic E-state index is 12.6. The van der Waals surface area contributed by atoms with Crippen LogP contribution in [-0.4, -0.2) is 42.9 Å². The van der Waals surface area contributed by atoms with Crippen LogP contribution in [0.3, 0.4) is 0 Å². The zero-order valence-electron chi connectivity index (χ0n) is 17.3. The molecule has 2 N–H and O–H groups in total. The highest BCUT2D eigenvalue weighted by molar-refractivity contribution is 6.04. The van der Waals surface area contributed by atoms with Gasteiger partial charge in [-0.1, -0.05) is 12.1 Å². The Labute approximate surface area is 178 Å². The van der Waals surface area contributed by atoms with E-state index < -0.39 is 6.04 Å². The molecule has 0 saturated heterocycles. The molecule has 0 aliphatic carbocycles. The molecule has 0 radical (unpaired) electrons. The standard InChI is InChI=1S/C22H22N4O5/c1-29-15-6-4-5-14(10-15)24-20(27)11-17-22(28)25-21-16(12-23-26(17)21)13-7-8-18(30-2)19(9-13)31-3/h4-10,12,17H,11H2,1-3H3,(H,24,27)(H,25,28). The molecule has 0 saturated carbocycles. The van der Waals surface area contributed by atoms with Crippen LogP contribution in [0.5, 0.6) is 17.2 Å². The van der Waals surface area contributed by atoms with E-state index in [1.807, 2.05) is 12.1 Å². The average Bonchev–Trinajstić information content (AvgIpc) is 3.32. The van der Waals surface area contributed by atoms with Crippen molar-refractivity contribution in [2.24, 2.45) is 0 Å². The number of hydrogen-bond acceptors (Lipinski definition) is 6. The van der Waals surface area contributed by atoms with E-state index in [4.69, 9.17) is 14.2 Å². The molecule has 3 aromatic rings. The van der Waals surface area contributed by atoms with Gasteiger partial charge in [0, 0.05) is 17.3 Å². The summed E-state index contributed by atoms with van der Waals surface area (Å²) in [6, 6.07) is 11.7. The van der Waals surface area contributed by atoms with Gasteiger partial charge in [0.1, 0.15) is 17.6 Å². The van der Waals surface area contributed by atoms with Gasteiger partial charge in [-0.25, -0.2) is 4.68 Å². The van der Waals surface area contributed by atoms with Crippen LogP contribution < -0.4 is 24.8 Å². The molecule has 9 nitrogen and oxygen atoms in total. The van der Waals surface area contributed by atoms with E-state index in [0.717, 1.165) is 11.1 Å².